The van der Waals surface area contributed by atoms with Gasteiger partial charge in [-0.05, 0) is 39.5 Å². The number of rotatable bonds is 3. The molecule has 110 valence electrons. The number of nitrogens with zero attached hydrogens (tertiary/aromatic N) is 2. The number of likely N-dealkylation sites (N-methyl/N-ethyl adjacent to an activating group) is 1. The second-order valence-corrected chi connectivity index (χ2v) is 6.11. The highest BCUT2D eigenvalue weighted by Crippen LogP contribution is 2.30. The number of amidine groups is 1. The topological polar surface area (TPSA) is 88.2 Å². The average Bonchev–Trinajstić information content (AvgIpc) is 2.80. The van der Waals surface area contributed by atoms with Crippen LogP contribution in [0.4, 0.5) is 4.79 Å². The monoisotopic (exact) mass is 271 g/mol. The summed E-state index contributed by atoms with van der Waals surface area (Å²) in [5.74, 6) is 0.300. The molecule has 3 N–H and O–H groups in total. The molecule has 0 saturated heterocycles. The van der Waals surface area contributed by atoms with Gasteiger partial charge in [-0.1, -0.05) is 18.0 Å². The van der Waals surface area contributed by atoms with Gasteiger partial charge in [0.15, 0.2) is 5.84 Å². The van der Waals surface area contributed by atoms with Crippen LogP contribution in [0.1, 0.15) is 46.5 Å². The van der Waals surface area contributed by atoms with Crippen molar-refractivity contribution in [2.45, 2.75) is 58.1 Å². The molecule has 1 aliphatic carbocycles. The molecule has 0 bridgehead atoms. The molecule has 0 unspecified atom stereocenters. The molecule has 0 aromatic heterocycles. The van der Waals surface area contributed by atoms with Crippen molar-refractivity contribution in [2.75, 3.05) is 7.05 Å². The Morgan fingerprint density at radius 3 is 2.37 bits per heavy atom. The minimum Gasteiger partial charge on any atom is -0.444 e. The second kappa shape index (κ2) is 6.12. The van der Waals surface area contributed by atoms with Crippen molar-refractivity contribution < 1.29 is 14.7 Å². The van der Waals surface area contributed by atoms with Gasteiger partial charge >= 0.3 is 6.09 Å². The van der Waals surface area contributed by atoms with Crippen LogP contribution in [0, 0.1) is 5.92 Å². The third-order valence-corrected chi connectivity index (χ3v) is 3.36. The number of hydrogen-bond donors (Lipinski definition) is 2. The van der Waals surface area contributed by atoms with E-state index in [9.17, 15) is 4.79 Å². The molecule has 1 aliphatic rings. The van der Waals surface area contributed by atoms with E-state index in [-0.39, 0.29) is 11.8 Å². The summed E-state index contributed by atoms with van der Waals surface area (Å²) in [6.45, 7) is 5.44. The molecular formula is C13H25N3O3. The Labute approximate surface area is 114 Å². The number of carbonyl (C=O) groups excluding carboxylic acids is 1. The van der Waals surface area contributed by atoms with Gasteiger partial charge in [0.2, 0.25) is 0 Å². The van der Waals surface area contributed by atoms with Crippen LogP contribution in [-0.2, 0) is 4.74 Å². The average molecular weight is 271 g/mol. The van der Waals surface area contributed by atoms with Gasteiger partial charge in [0.25, 0.3) is 0 Å². The van der Waals surface area contributed by atoms with Crippen LogP contribution in [0.3, 0.4) is 0 Å². The van der Waals surface area contributed by atoms with Crippen LogP contribution < -0.4 is 5.73 Å². The Hall–Kier alpha value is -1.46. The number of amides is 1. The summed E-state index contributed by atoms with van der Waals surface area (Å²) >= 11 is 0. The van der Waals surface area contributed by atoms with Gasteiger partial charge in [-0.25, -0.2) is 4.79 Å². The highest BCUT2D eigenvalue weighted by molar-refractivity contribution is 5.88. The van der Waals surface area contributed by atoms with E-state index in [0.29, 0.717) is 0 Å². The Morgan fingerprint density at radius 1 is 1.42 bits per heavy atom. The molecule has 1 fully saturated rings. The van der Waals surface area contributed by atoms with Gasteiger partial charge in [0.1, 0.15) is 5.60 Å². The predicted octanol–water partition coefficient (Wildman–Crippen LogP) is 2.16. The number of nitrogens with two attached hydrogens (primary N) is 1. The number of ether oxygens (including phenoxy) is 1. The molecular weight excluding hydrogens is 246 g/mol. The fraction of sp³-hybridized carbons (Fsp3) is 0.846. The molecule has 0 aromatic rings. The SMILES string of the molecule is CN(C(=O)OC(C)(C)C)[C@@H](C(N)=NO)C1CCCC1. The van der Waals surface area contributed by atoms with E-state index in [4.69, 9.17) is 15.7 Å². The van der Waals surface area contributed by atoms with E-state index >= 15 is 0 Å². The van der Waals surface area contributed by atoms with Crippen LogP contribution in [0.5, 0.6) is 0 Å². The first kappa shape index (κ1) is 15.6. The van der Waals surface area contributed by atoms with Crippen molar-refractivity contribution >= 4 is 11.9 Å². The van der Waals surface area contributed by atoms with E-state index in [1.54, 1.807) is 7.05 Å². The molecule has 0 radical (unpaired) electrons. The fourth-order valence-corrected chi connectivity index (χ4v) is 2.54. The third-order valence-electron chi connectivity index (χ3n) is 3.36. The maximum atomic E-state index is 12.1. The van der Waals surface area contributed by atoms with Crippen molar-refractivity contribution in [3.05, 3.63) is 0 Å². The van der Waals surface area contributed by atoms with Gasteiger partial charge in [-0.2, -0.15) is 0 Å². The highest BCUT2D eigenvalue weighted by Gasteiger charge is 2.35. The number of hydrogen-bond acceptors (Lipinski definition) is 4. The van der Waals surface area contributed by atoms with E-state index in [1.807, 2.05) is 20.8 Å². The molecule has 1 atom stereocenters. The standard InChI is InChI=1S/C13H25N3O3/c1-13(2,3)19-12(17)16(4)10(11(14)15-18)9-7-5-6-8-9/h9-10,18H,5-8H2,1-4H3,(H2,14,15)/t10-/m1/s1. The van der Waals surface area contributed by atoms with Gasteiger partial charge in [-0.3, -0.25) is 0 Å². The van der Waals surface area contributed by atoms with Crippen molar-refractivity contribution in [3.8, 4) is 0 Å². The smallest absolute Gasteiger partial charge is 0.410 e. The van der Waals surface area contributed by atoms with E-state index in [0.717, 1.165) is 25.7 Å². The van der Waals surface area contributed by atoms with E-state index in [1.165, 1.54) is 4.90 Å². The van der Waals surface area contributed by atoms with Crippen molar-refractivity contribution in [2.24, 2.45) is 16.8 Å². The molecule has 6 nitrogen and oxygen atoms in total. The minimum atomic E-state index is -0.559. The van der Waals surface area contributed by atoms with Crippen LogP contribution in [0.15, 0.2) is 5.16 Å². The Kier molecular flexibility index (Phi) is 5.03. The first-order valence-electron chi connectivity index (χ1n) is 6.69. The summed E-state index contributed by atoms with van der Waals surface area (Å²) in [4.78, 5) is 13.5. The lowest BCUT2D eigenvalue weighted by molar-refractivity contribution is 0.0226. The summed E-state index contributed by atoms with van der Waals surface area (Å²) < 4.78 is 5.33. The van der Waals surface area contributed by atoms with Crippen LogP contribution in [-0.4, -0.2) is 40.7 Å². The largest absolute Gasteiger partial charge is 0.444 e. The molecule has 1 rings (SSSR count). The molecule has 1 amide bonds. The van der Waals surface area contributed by atoms with Crippen LogP contribution in [0.2, 0.25) is 0 Å². The first-order chi connectivity index (χ1) is 8.76. The second-order valence-electron chi connectivity index (χ2n) is 6.11. The lowest BCUT2D eigenvalue weighted by Crippen LogP contribution is -2.50. The lowest BCUT2D eigenvalue weighted by atomic mass is 9.96. The maximum Gasteiger partial charge on any atom is 0.410 e. The zero-order chi connectivity index (χ0) is 14.6. The van der Waals surface area contributed by atoms with E-state index < -0.39 is 17.7 Å². The molecule has 0 aromatic carbocycles. The van der Waals surface area contributed by atoms with Crippen LogP contribution in [0.25, 0.3) is 0 Å². The van der Waals surface area contributed by atoms with Gasteiger partial charge in [-0.15, -0.1) is 0 Å². The van der Waals surface area contributed by atoms with Gasteiger partial charge < -0.3 is 20.6 Å². The predicted molar refractivity (Wildman–Crippen MR) is 73.2 cm³/mol. The van der Waals surface area contributed by atoms with Gasteiger partial charge in [0, 0.05) is 7.05 Å². The molecule has 0 aliphatic heterocycles. The van der Waals surface area contributed by atoms with Crippen molar-refractivity contribution in [1.82, 2.24) is 4.90 Å². The van der Waals surface area contributed by atoms with E-state index in [2.05, 4.69) is 5.16 Å². The minimum absolute atomic E-state index is 0.0697. The van der Waals surface area contributed by atoms with Crippen molar-refractivity contribution in [1.29, 1.82) is 0 Å². The normalized spacial score (nSPS) is 19.3. The Bertz CT molecular complexity index is 344. The summed E-state index contributed by atoms with van der Waals surface area (Å²) in [5.41, 5.74) is 5.19. The first-order valence-corrected chi connectivity index (χ1v) is 6.69. The summed E-state index contributed by atoms with van der Waals surface area (Å²) in [5, 5.41) is 12.0. The summed E-state index contributed by atoms with van der Waals surface area (Å²) in [6.07, 6.45) is 3.74. The Balaban J connectivity index is 2.82. The maximum absolute atomic E-state index is 12.1. The number of oxime groups is 1. The quantitative estimate of drug-likeness (QED) is 0.356. The van der Waals surface area contributed by atoms with Gasteiger partial charge in [0.05, 0.1) is 6.04 Å². The van der Waals surface area contributed by atoms with Crippen molar-refractivity contribution in [3.63, 3.8) is 0 Å². The lowest BCUT2D eigenvalue weighted by Gasteiger charge is -2.33. The highest BCUT2D eigenvalue weighted by atomic mass is 16.6. The molecule has 19 heavy (non-hydrogen) atoms. The molecule has 6 heteroatoms. The summed E-state index contributed by atoms with van der Waals surface area (Å²) in [6, 6.07) is -0.401. The zero-order valence-corrected chi connectivity index (χ0v) is 12.2. The molecule has 0 heterocycles. The molecule has 1 saturated carbocycles. The Morgan fingerprint density at radius 2 is 1.95 bits per heavy atom. The zero-order valence-electron chi connectivity index (χ0n) is 12.2. The number of carbonyl (C=O) groups is 1. The summed E-state index contributed by atoms with van der Waals surface area (Å²) in [7, 11) is 1.63. The van der Waals surface area contributed by atoms with Crippen LogP contribution >= 0.6 is 0 Å². The molecule has 0 spiro atoms. The third kappa shape index (κ3) is 4.29. The fourth-order valence-electron chi connectivity index (χ4n) is 2.54.